The Balaban J connectivity index is 3.85. The first-order valence-electron chi connectivity index (χ1n) is 1.98. The number of aliphatic hydroxyl groups excluding tert-OH is 1. The summed E-state index contributed by atoms with van der Waals surface area (Å²) in [6.07, 6.45) is -10.5. The van der Waals surface area contributed by atoms with Crippen LogP contribution in [-0.4, -0.2) is 28.8 Å². The first-order valence-corrected chi connectivity index (χ1v) is 1.98. The van der Waals surface area contributed by atoms with Crippen molar-refractivity contribution in [2.24, 2.45) is 0 Å². The molecule has 0 amide bonds. The quantitative estimate of drug-likeness (QED) is 0.434. The largest absolute Gasteiger partial charge is 0.508 e. The molecule has 1 unspecified atom stereocenters. The van der Waals surface area contributed by atoms with E-state index in [2.05, 4.69) is 4.74 Å². The molecule has 2 N–H and O–H groups in total. The monoisotopic (exact) mass is 160 g/mol. The third kappa shape index (κ3) is 3.13. The molecule has 1 atom stereocenters. The maximum Gasteiger partial charge on any atom is 0.508 e. The normalized spacial score (nSPS) is 14.4. The van der Waals surface area contributed by atoms with Crippen molar-refractivity contribution in [2.75, 3.05) is 0 Å². The average Bonchev–Trinajstić information content (AvgIpc) is 1.60. The predicted octanol–water partition coefficient (Wildman–Crippen LogP) is 0.562. The smallest absolute Gasteiger partial charge is 0.450 e. The molecule has 0 saturated carbocycles. The molecule has 10 heavy (non-hydrogen) atoms. The lowest BCUT2D eigenvalue weighted by Crippen LogP contribution is -2.32. The number of carboxylic acid groups (broad SMARTS) is 1. The van der Waals surface area contributed by atoms with Crippen LogP contribution in [0.15, 0.2) is 0 Å². The zero-order valence-electron chi connectivity index (χ0n) is 4.42. The van der Waals surface area contributed by atoms with E-state index < -0.39 is 18.6 Å². The van der Waals surface area contributed by atoms with Crippen molar-refractivity contribution in [1.29, 1.82) is 0 Å². The molecular formula is C3H3F3O4. The van der Waals surface area contributed by atoms with Crippen LogP contribution >= 0.6 is 0 Å². The summed E-state index contributed by atoms with van der Waals surface area (Å²) in [7, 11) is 0. The topological polar surface area (TPSA) is 66.8 Å². The number of aliphatic hydroxyl groups is 1. The number of hydrogen-bond donors (Lipinski definition) is 2. The van der Waals surface area contributed by atoms with E-state index in [4.69, 9.17) is 10.2 Å². The molecule has 0 radical (unpaired) electrons. The second kappa shape index (κ2) is 2.74. The Morgan fingerprint density at radius 2 is 1.90 bits per heavy atom. The van der Waals surface area contributed by atoms with Crippen LogP contribution in [0.5, 0.6) is 0 Å². The van der Waals surface area contributed by atoms with Crippen molar-refractivity contribution < 1.29 is 32.9 Å². The van der Waals surface area contributed by atoms with Crippen molar-refractivity contribution in [3.05, 3.63) is 0 Å². The third-order valence-electron chi connectivity index (χ3n) is 0.492. The van der Waals surface area contributed by atoms with Gasteiger partial charge in [-0.3, -0.25) is 0 Å². The molecular weight excluding hydrogens is 157 g/mol. The summed E-state index contributed by atoms with van der Waals surface area (Å²) in [6, 6.07) is 0. The molecule has 0 aromatic heterocycles. The van der Waals surface area contributed by atoms with Crippen LogP contribution in [0.25, 0.3) is 0 Å². The van der Waals surface area contributed by atoms with Crippen LogP contribution in [0.1, 0.15) is 0 Å². The van der Waals surface area contributed by atoms with Crippen molar-refractivity contribution in [1.82, 2.24) is 0 Å². The van der Waals surface area contributed by atoms with Crippen LogP contribution in [0.4, 0.5) is 18.0 Å². The predicted molar refractivity (Wildman–Crippen MR) is 21.2 cm³/mol. The SMILES string of the molecule is O=C(O)OC(O)C(F)(F)F. The van der Waals surface area contributed by atoms with Gasteiger partial charge in [0, 0.05) is 0 Å². The average molecular weight is 160 g/mol. The Morgan fingerprint density at radius 3 is 2.00 bits per heavy atom. The van der Waals surface area contributed by atoms with Gasteiger partial charge in [0.25, 0.3) is 0 Å². The number of hydrogen-bond acceptors (Lipinski definition) is 3. The molecule has 7 heteroatoms. The Kier molecular flexibility index (Phi) is 2.47. The molecule has 4 nitrogen and oxygen atoms in total. The minimum absolute atomic E-state index is 2.18. The fraction of sp³-hybridized carbons (Fsp3) is 0.667. The highest BCUT2D eigenvalue weighted by molar-refractivity contribution is 5.56. The number of carbonyl (C=O) groups is 1. The van der Waals surface area contributed by atoms with Gasteiger partial charge in [0.2, 0.25) is 0 Å². The van der Waals surface area contributed by atoms with Crippen LogP contribution in [-0.2, 0) is 4.74 Å². The molecule has 60 valence electrons. The van der Waals surface area contributed by atoms with Gasteiger partial charge in [-0.25, -0.2) is 4.79 Å². The van der Waals surface area contributed by atoms with Gasteiger partial charge < -0.3 is 14.9 Å². The fourth-order valence-electron chi connectivity index (χ4n) is 0.162. The molecule has 0 spiro atoms. The number of halogens is 3. The molecule has 0 aromatic rings. The van der Waals surface area contributed by atoms with Gasteiger partial charge in [0.15, 0.2) is 0 Å². The minimum atomic E-state index is -5.06. The second-order valence-electron chi connectivity index (χ2n) is 1.28. The van der Waals surface area contributed by atoms with Gasteiger partial charge in [-0.2, -0.15) is 13.2 Å². The fourth-order valence-corrected chi connectivity index (χ4v) is 0.162. The summed E-state index contributed by atoms with van der Waals surface area (Å²) in [4.78, 5) is 9.37. The summed E-state index contributed by atoms with van der Waals surface area (Å²) >= 11 is 0. The van der Waals surface area contributed by atoms with Gasteiger partial charge in [-0.1, -0.05) is 0 Å². The van der Waals surface area contributed by atoms with E-state index >= 15 is 0 Å². The highest BCUT2D eigenvalue weighted by atomic mass is 19.4. The maximum absolute atomic E-state index is 11.2. The van der Waals surface area contributed by atoms with Gasteiger partial charge in [-0.15, -0.1) is 0 Å². The summed E-state index contributed by atoms with van der Waals surface area (Å²) in [5.74, 6) is 0. The van der Waals surface area contributed by atoms with E-state index in [9.17, 15) is 18.0 Å². The van der Waals surface area contributed by atoms with Crippen molar-refractivity contribution >= 4 is 6.16 Å². The van der Waals surface area contributed by atoms with Crippen molar-refractivity contribution in [3.63, 3.8) is 0 Å². The van der Waals surface area contributed by atoms with Gasteiger partial charge >= 0.3 is 18.6 Å². The van der Waals surface area contributed by atoms with E-state index in [0.717, 1.165) is 0 Å². The molecule has 0 heterocycles. The Labute approximate surface area is 52.8 Å². The summed E-state index contributed by atoms with van der Waals surface area (Å²) in [6.45, 7) is 0. The van der Waals surface area contributed by atoms with Crippen molar-refractivity contribution in [3.8, 4) is 0 Å². The standard InChI is InChI=1S/C3H3F3O4/c4-3(5,6)1(7)10-2(8)9/h1,7H,(H,8,9). The van der Waals surface area contributed by atoms with Gasteiger partial charge in [0.05, 0.1) is 0 Å². The first kappa shape index (κ1) is 9.02. The molecule has 0 aliphatic carbocycles. The van der Waals surface area contributed by atoms with E-state index in [0.29, 0.717) is 0 Å². The van der Waals surface area contributed by atoms with Crippen LogP contribution < -0.4 is 0 Å². The summed E-state index contributed by atoms with van der Waals surface area (Å²) in [5.41, 5.74) is 0. The molecule has 0 rings (SSSR count). The molecule has 0 saturated heterocycles. The third-order valence-corrected chi connectivity index (χ3v) is 0.492. The molecule has 0 bridgehead atoms. The minimum Gasteiger partial charge on any atom is -0.450 e. The molecule has 0 fully saturated rings. The summed E-state index contributed by atoms with van der Waals surface area (Å²) in [5, 5.41) is 15.4. The van der Waals surface area contributed by atoms with Crippen LogP contribution in [0, 0.1) is 0 Å². The first-order chi connectivity index (χ1) is 4.34. The van der Waals surface area contributed by atoms with Crippen LogP contribution in [0.3, 0.4) is 0 Å². The summed E-state index contributed by atoms with van der Waals surface area (Å²) < 4.78 is 36.5. The highest BCUT2D eigenvalue weighted by Gasteiger charge is 2.41. The van der Waals surface area contributed by atoms with E-state index in [-0.39, 0.29) is 0 Å². The number of ether oxygens (including phenoxy) is 1. The number of alkyl halides is 3. The highest BCUT2D eigenvalue weighted by Crippen LogP contribution is 2.20. The van der Waals surface area contributed by atoms with Crippen LogP contribution in [0.2, 0.25) is 0 Å². The lowest BCUT2D eigenvalue weighted by atomic mass is 10.6. The zero-order valence-corrected chi connectivity index (χ0v) is 4.42. The zero-order chi connectivity index (χ0) is 8.36. The van der Waals surface area contributed by atoms with Crippen molar-refractivity contribution in [2.45, 2.75) is 12.5 Å². The molecule has 0 aromatic carbocycles. The Hall–Kier alpha value is -0.980. The molecule has 0 aliphatic rings. The Bertz CT molecular complexity index is 130. The number of rotatable bonds is 1. The lowest BCUT2D eigenvalue weighted by Gasteiger charge is -2.11. The Morgan fingerprint density at radius 1 is 1.50 bits per heavy atom. The van der Waals surface area contributed by atoms with Gasteiger partial charge in [-0.05, 0) is 0 Å². The van der Waals surface area contributed by atoms with Gasteiger partial charge in [0.1, 0.15) is 0 Å². The molecule has 0 aliphatic heterocycles. The van der Waals surface area contributed by atoms with E-state index in [1.54, 1.807) is 0 Å². The van der Waals surface area contributed by atoms with E-state index in [1.165, 1.54) is 0 Å². The maximum atomic E-state index is 11.2. The van der Waals surface area contributed by atoms with E-state index in [1.807, 2.05) is 0 Å². The lowest BCUT2D eigenvalue weighted by molar-refractivity contribution is -0.277. The second-order valence-corrected chi connectivity index (χ2v) is 1.28.